The molecule has 0 aliphatic carbocycles. The molecule has 1 aromatic heterocycles. The Hall–Kier alpha value is -1.43. The van der Waals surface area contributed by atoms with Gasteiger partial charge in [0.25, 0.3) is 0 Å². The second-order valence-corrected chi connectivity index (χ2v) is 3.79. The fourth-order valence-electron chi connectivity index (χ4n) is 1.22. The van der Waals surface area contributed by atoms with E-state index in [2.05, 4.69) is 15.6 Å². The molecule has 16 heavy (non-hydrogen) atoms. The Morgan fingerprint density at radius 3 is 2.94 bits per heavy atom. The first-order valence-electron chi connectivity index (χ1n) is 5.43. The van der Waals surface area contributed by atoms with E-state index in [-0.39, 0.29) is 5.91 Å². The minimum Gasteiger partial charge on any atom is -0.349 e. The molecule has 6 nitrogen and oxygen atoms in total. The molecule has 1 aromatic rings. The summed E-state index contributed by atoms with van der Waals surface area (Å²) in [5, 5.41) is 11.1. The highest BCUT2D eigenvalue weighted by atomic mass is 16.2. The lowest BCUT2D eigenvalue weighted by molar-refractivity contribution is -0.128. The molecule has 0 aliphatic heterocycles. The van der Waals surface area contributed by atoms with Gasteiger partial charge >= 0.3 is 0 Å². The third kappa shape index (κ3) is 3.98. The summed E-state index contributed by atoms with van der Waals surface area (Å²) in [4.78, 5) is 12.9. The van der Waals surface area contributed by atoms with E-state index in [1.165, 1.54) is 0 Å². The molecule has 0 unspecified atom stereocenters. The maximum Gasteiger partial charge on any atom is 0.223 e. The predicted octanol–water partition coefficient (Wildman–Crippen LogP) is -0.134. The van der Waals surface area contributed by atoms with Crippen molar-refractivity contribution in [1.29, 1.82) is 0 Å². The lowest BCUT2D eigenvalue weighted by Crippen LogP contribution is -2.23. The molecule has 0 aliphatic rings. The molecule has 0 fully saturated rings. The van der Waals surface area contributed by atoms with Gasteiger partial charge in [0, 0.05) is 33.3 Å². The fraction of sp³-hybridized carbons (Fsp3) is 0.700. The molecular weight excluding hydrogens is 206 g/mol. The third-order valence-electron chi connectivity index (χ3n) is 2.20. The van der Waals surface area contributed by atoms with Crippen molar-refractivity contribution in [2.75, 3.05) is 20.6 Å². The number of aromatic nitrogens is 3. The van der Waals surface area contributed by atoms with Crippen molar-refractivity contribution in [3.05, 3.63) is 11.9 Å². The first-order chi connectivity index (χ1) is 7.63. The van der Waals surface area contributed by atoms with Gasteiger partial charge in [-0.3, -0.25) is 9.48 Å². The van der Waals surface area contributed by atoms with E-state index in [0.29, 0.717) is 13.0 Å². The lowest BCUT2D eigenvalue weighted by atomic mass is 10.4. The molecular formula is C10H19N5O. The van der Waals surface area contributed by atoms with Crippen LogP contribution in [0.25, 0.3) is 0 Å². The predicted molar refractivity (Wildman–Crippen MR) is 60.7 cm³/mol. The Labute approximate surface area is 95.6 Å². The van der Waals surface area contributed by atoms with Crippen molar-refractivity contribution in [1.82, 2.24) is 25.2 Å². The molecule has 1 rings (SSSR count). The van der Waals surface area contributed by atoms with Gasteiger partial charge in [-0.2, -0.15) is 0 Å². The Morgan fingerprint density at radius 1 is 1.56 bits per heavy atom. The van der Waals surface area contributed by atoms with Crippen LogP contribution in [0.1, 0.15) is 19.0 Å². The molecule has 0 saturated carbocycles. The molecule has 0 spiro atoms. The van der Waals surface area contributed by atoms with Gasteiger partial charge in [-0.15, -0.1) is 5.10 Å². The summed E-state index contributed by atoms with van der Waals surface area (Å²) in [7, 11) is 3.50. The minimum absolute atomic E-state index is 0.101. The molecule has 0 saturated heterocycles. The SMILES string of the molecule is CCNCc1cn(CCC(=O)N(C)C)nn1. The number of hydrogen-bond donors (Lipinski definition) is 1. The monoisotopic (exact) mass is 225 g/mol. The average molecular weight is 225 g/mol. The van der Waals surface area contributed by atoms with Crippen molar-refractivity contribution in [3.63, 3.8) is 0 Å². The zero-order chi connectivity index (χ0) is 12.0. The summed E-state index contributed by atoms with van der Waals surface area (Å²) in [5.41, 5.74) is 0.902. The Bertz CT molecular complexity index is 334. The van der Waals surface area contributed by atoms with Crippen molar-refractivity contribution >= 4 is 5.91 Å². The highest BCUT2D eigenvalue weighted by molar-refractivity contribution is 5.75. The molecule has 1 heterocycles. The molecule has 90 valence electrons. The molecule has 0 aromatic carbocycles. The van der Waals surface area contributed by atoms with Crippen LogP contribution in [-0.2, 0) is 17.9 Å². The average Bonchev–Trinajstić information content (AvgIpc) is 2.70. The van der Waals surface area contributed by atoms with Crippen LogP contribution in [0, 0.1) is 0 Å². The summed E-state index contributed by atoms with van der Waals surface area (Å²) in [6, 6.07) is 0. The highest BCUT2D eigenvalue weighted by Gasteiger charge is 2.05. The standard InChI is InChI=1S/C10H19N5O/c1-4-11-7-9-8-15(13-12-9)6-5-10(16)14(2)3/h8,11H,4-7H2,1-3H3. The summed E-state index contributed by atoms with van der Waals surface area (Å²) < 4.78 is 1.70. The first kappa shape index (κ1) is 12.6. The molecule has 0 radical (unpaired) electrons. The van der Waals surface area contributed by atoms with Gasteiger partial charge in [-0.05, 0) is 6.54 Å². The maximum absolute atomic E-state index is 11.3. The van der Waals surface area contributed by atoms with Gasteiger partial charge < -0.3 is 10.2 Å². The zero-order valence-electron chi connectivity index (χ0n) is 10.1. The minimum atomic E-state index is 0.101. The largest absolute Gasteiger partial charge is 0.349 e. The van der Waals surface area contributed by atoms with Crippen LogP contribution >= 0.6 is 0 Å². The number of nitrogens with one attached hydrogen (secondary N) is 1. The summed E-state index contributed by atoms with van der Waals surface area (Å²) in [6.07, 6.45) is 2.32. The number of rotatable bonds is 6. The van der Waals surface area contributed by atoms with E-state index < -0.39 is 0 Å². The number of amides is 1. The zero-order valence-corrected chi connectivity index (χ0v) is 10.1. The van der Waals surface area contributed by atoms with E-state index in [1.807, 2.05) is 13.1 Å². The second-order valence-electron chi connectivity index (χ2n) is 3.79. The van der Waals surface area contributed by atoms with E-state index in [1.54, 1.807) is 23.7 Å². The van der Waals surface area contributed by atoms with Crippen LogP contribution in [-0.4, -0.2) is 46.4 Å². The normalized spacial score (nSPS) is 10.4. The summed E-state index contributed by atoms with van der Waals surface area (Å²) in [6.45, 7) is 4.25. The van der Waals surface area contributed by atoms with Crippen LogP contribution in [0.2, 0.25) is 0 Å². The van der Waals surface area contributed by atoms with E-state index in [0.717, 1.165) is 18.8 Å². The van der Waals surface area contributed by atoms with E-state index >= 15 is 0 Å². The number of carbonyl (C=O) groups is 1. The molecule has 1 N–H and O–H groups in total. The van der Waals surface area contributed by atoms with Gasteiger partial charge in [0.05, 0.1) is 12.2 Å². The van der Waals surface area contributed by atoms with Crippen LogP contribution in [0.4, 0.5) is 0 Å². The Morgan fingerprint density at radius 2 is 2.31 bits per heavy atom. The number of aryl methyl sites for hydroxylation is 1. The second kappa shape index (κ2) is 6.22. The molecule has 0 atom stereocenters. The topological polar surface area (TPSA) is 63.1 Å². The quantitative estimate of drug-likeness (QED) is 0.732. The molecule has 6 heteroatoms. The molecule has 1 amide bonds. The van der Waals surface area contributed by atoms with Crippen LogP contribution < -0.4 is 5.32 Å². The van der Waals surface area contributed by atoms with Gasteiger partial charge in [-0.1, -0.05) is 12.1 Å². The summed E-state index contributed by atoms with van der Waals surface area (Å²) >= 11 is 0. The smallest absolute Gasteiger partial charge is 0.223 e. The van der Waals surface area contributed by atoms with Crippen LogP contribution in [0.3, 0.4) is 0 Å². The van der Waals surface area contributed by atoms with Crippen molar-refractivity contribution in [3.8, 4) is 0 Å². The van der Waals surface area contributed by atoms with Gasteiger partial charge in [0.2, 0.25) is 5.91 Å². The summed E-state index contributed by atoms with van der Waals surface area (Å²) in [5.74, 6) is 0.101. The van der Waals surface area contributed by atoms with Crippen molar-refractivity contribution < 1.29 is 4.79 Å². The van der Waals surface area contributed by atoms with Gasteiger partial charge in [0.15, 0.2) is 0 Å². The lowest BCUT2D eigenvalue weighted by Gasteiger charge is -2.09. The number of hydrogen-bond acceptors (Lipinski definition) is 4. The number of nitrogens with zero attached hydrogens (tertiary/aromatic N) is 4. The van der Waals surface area contributed by atoms with Gasteiger partial charge in [0.1, 0.15) is 0 Å². The van der Waals surface area contributed by atoms with Gasteiger partial charge in [-0.25, -0.2) is 0 Å². The number of carbonyl (C=O) groups excluding carboxylic acids is 1. The van der Waals surface area contributed by atoms with Crippen LogP contribution in [0.15, 0.2) is 6.20 Å². The maximum atomic E-state index is 11.3. The first-order valence-corrected chi connectivity index (χ1v) is 5.43. The van der Waals surface area contributed by atoms with Crippen molar-refractivity contribution in [2.24, 2.45) is 0 Å². The highest BCUT2D eigenvalue weighted by Crippen LogP contribution is 1.96. The van der Waals surface area contributed by atoms with Crippen molar-refractivity contribution in [2.45, 2.75) is 26.4 Å². The van der Waals surface area contributed by atoms with Crippen LogP contribution in [0.5, 0.6) is 0 Å². The Kier molecular flexibility index (Phi) is 4.91. The fourth-order valence-corrected chi connectivity index (χ4v) is 1.22. The third-order valence-corrected chi connectivity index (χ3v) is 2.20. The Balaban J connectivity index is 2.37. The van der Waals surface area contributed by atoms with E-state index in [4.69, 9.17) is 0 Å². The van der Waals surface area contributed by atoms with E-state index in [9.17, 15) is 4.79 Å². The molecule has 0 bridgehead atoms.